The summed E-state index contributed by atoms with van der Waals surface area (Å²) in [6.45, 7) is 1.37. The van der Waals surface area contributed by atoms with Crippen LogP contribution in [0.2, 0.25) is 0 Å². The van der Waals surface area contributed by atoms with Crippen LogP contribution in [0, 0.1) is 0 Å². The number of hydrogen-bond acceptors (Lipinski definition) is 6. The Morgan fingerprint density at radius 2 is 2.57 bits per heavy atom. The molecule has 0 aliphatic carbocycles. The summed E-state index contributed by atoms with van der Waals surface area (Å²) in [5.41, 5.74) is 2.36. The van der Waals surface area contributed by atoms with Gasteiger partial charge in [0.2, 0.25) is 11.8 Å². The first-order valence-corrected chi connectivity index (χ1v) is 4.42. The number of rotatable bonds is 3. The smallest absolute Gasteiger partial charge is 0.240 e. The fourth-order valence-corrected chi connectivity index (χ4v) is 1.25. The number of nitrogens with one attached hydrogen (secondary N) is 1. The van der Waals surface area contributed by atoms with Crippen molar-refractivity contribution in [2.24, 2.45) is 5.84 Å². The minimum Gasteiger partial charge on any atom is -0.472 e. The Morgan fingerprint density at radius 1 is 1.64 bits per heavy atom. The van der Waals surface area contributed by atoms with Gasteiger partial charge in [0.25, 0.3) is 0 Å². The molecule has 1 aromatic rings. The molecule has 0 amide bonds. The zero-order valence-electron chi connectivity index (χ0n) is 7.64. The zero-order valence-corrected chi connectivity index (χ0v) is 7.64. The first-order valence-electron chi connectivity index (χ1n) is 4.42. The van der Waals surface area contributed by atoms with E-state index in [4.69, 9.17) is 15.3 Å². The van der Waals surface area contributed by atoms with E-state index in [1.54, 1.807) is 12.3 Å². The summed E-state index contributed by atoms with van der Waals surface area (Å²) in [4.78, 5) is 7.90. The molecule has 1 unspecified atom stereocenters. The monoisotopic (exact) mass is 196 g/mol. The highest BCUT2D eigenvalue weighted by atomic mass is 16.5. The Morgan fingerprint density at radius 3 is 3.29 bits per heavy atom. The fraction of sp³-hybridized carbons (Fsp3) is 0.500. The van der Waals surface area contributed by atoms with Gasteiger partial charge in [-0.3, -0.25) is 5.43 Å². The van der Waals surface area contributed by atoms with Gasteiger partial charge in [0.1, 0.15) is 6.10 Å². The molecule has 1 aliphatic heterocycles. The first kappa shape index (κ1) is 9.17. The van der Waals surface area contributed by atoms with Gasteiger partial charge in [-0.25, -0.2) is 10.8 Å². The molecule has 14 heavy (non-hydrogen) atoms. The molecule has 76 valence electrons. The molecule has 0 saturated carbocycles. The SMILES string of the molecule is NNc1nccc(OC2CCOC2)n1. The molecule has 1 fully saturated rings. The van der Waals surface area contributed by atoms with Crippen LogP contribution >= 0.6 is 0 Å². The molecule has 0 radical (unpaired) electrons. The maximum Gasteiger partial charge on any atom is 0.240 e. The number of hydrazine groups is 1. The molecule has 2 rings (SSSR count). The van der Waals surface area contributed by atoms with E-state index in [1.807, 2.05) is 0 Å². The van der Waals surface area contributed by atoms with E-state index in [2.05, 4.69) is 15.4 Å². The quantitative estimate of drug-likeness (QED) is 0.520. The molecule has 1 aliphatic rings. The highest BCUT2D eigenvalue weighted by Gasteiger charge is 2.17. The van der Waals surface area contributed by atoms with E-state index in [0.29, 0.717) is 18.4 Å². The third-order valence-corrected chi connectivity index (χ3v) is 1.93. The fourth-order valence-electron chi connectivity index (χ4n) is 1.25. The van der Waals surface area contributed by atoms with Crippen LogP contribution in [0.5, 0.6) is 5.88 Å². The van der Waals surface area contributed by atoms with Gasteiger partial charge in [-0.15, -0.1) is 0 Å². The van der Waals surface area contributed by atoms with Crippen molar-refractivity contribution in [1.29, 1.82) is 0 Å². The number of nitrogens with two attached hydrogens (primary N) is 1. The number of aromatic nitrogens is 2. The van der Waals surface area contributed by atoms with E-state index in [-0.39, 0.29) is 6.10 Å². The normalized spacial score (nSPS) is 20.8. The molecule has 6 heteroatoms. The Hall–Kier alpha value is -1.40. The predicted molar refractivity (Wildman–Crippen MR) is 49.7 cm³/mol. The van der Waals surface area contributed by atoms with Crippen molar-refractivity contribution >= 4 is 5.95 Å². The van der Waals surface area contributed by atoms with Crippen LogP contribution in [0.15, 0.2) is 12.3 Å². The summed E-state index contributed by atoms with van der Waals surface area (Å²) >= 11 is 0. The minimum atomic E-state index is 0.0931. The lowest BCUT2D eigenvalue weighted by molar-refractivity contribution is 0.138. The zero-order chi connectivity index (χ0) is 9.80. The van der Waals surface area contributed by atoms with Gasteiger partial charge in [-0.2, -0.15) is 4.98 Å². The molecule has 6 nitrogen and oxygen atoms in total. The summed E-state index contributed by atoms with van der Waals surface area (Å²) < 4.78 is 10.7. The lowest BCUT2D eigenvalue weighted by atomic mass is 10.3. The second kappa shape index (κ2) is 4.21. The van der Waals surface area contributed by atoms with Crippen molar-refractivity contribution in [3.8, 4) is 5.88 Å². The van der Waals surface area contributed by atoms with Gasteiger partial charge in [0.05, 0.1) is 13.2 Å². The third kappa shape index (κ3) is 2.09. The van der Waals surface area contributed by atoms with E-state index in [0.717, 1.165) is 13.0 Å². The topological polar surface area (TPSA) is 82.3 Å². The number of ether oxygens (including phenoxy) is 2. The first-order chi connectivity index (χ1) is 6.88. The van der Waals surface area contributed by atoms with Crippen molar-refractivity contribution in [3.63, 3.8) is 0 Å². The Kier molecular flexibility index (Phi) is 2.76. The van der Waals surface area contributed by atoms with Crippen molar-refractivity contribution < 1.29 is 9.47 Å². The largest absolute Gasteiger partial charge is 0.472 e. The number of nitrogens with zero attached hydrogens (tertiary/aromatic N) is 2. The Labute approximate surface area is 81.4 Å². The average molecular weight is 196 g/mol. The van der Waals surface area contributed by atoms with E-state index >= 15 is 0 Å². The van der Waals surface area contributed by atoms with E-state index in [1.165, 1.54) is 0 Å². The maximum absolute atomic E-state index is 5.55. The van der Waals surface area contributed by atoms with Crippen LogP contribution in [0.3, 0.4) is 0 Å². The second-order valence-electron chi connectivity index (χ2n) is 2.97. The van der Waals surface area contributed by atoms with Crippen LogP contribution in [-0.2, 0) is 4.74 Å². The van der Waals surface area contributed by atoms with Gasteiger partial charge in [-0.05, 0) is 0 Å². The molecule has 0 aromatic carbocycles. The predicted octanol–water partition coefficient (Wildman–Crippen LogP) is -0.0701. The summed E-state index contributed by atoms with van der Waals surface area (Å²) in [6, 6.07) is 1.69. The molecule has 1 atom stereocenters. The van der Waals surface area contributed by atoms with Crippen LogP contribution in [0.25, 0.3) is 0 Å². The third-order valence-electron chi connectivity index (χ3n) is 1.93. The number of nitrogen functional groups attached to an aromatic ring is 1. The Balaban J connectivity index is 2.00. The molecule has 1 saturated heterocycles. The lowest BCUT2D eigenvalue weighted by Crippen LogP contribution is -2.17. The molecule has 3 N–H and O–H groups in total. The van der Waals surface area contributed by atoms with E-state index in [9.17, 15) is 0 Å². The minimum absolute atomic E-state index is 0.0931. The van der Waals surface area contributed by atoms with Crippen LogP contribution in [0.1, 0.15) is 6.42 Å². The van der Waals surface area contributed by atoms with E-state index < -0.39 is 0 Å². The molecule has 2 heterocycles. The maximum atomic E-state index is 5.55. The van der Waals surface area contributed by atoms with Gasteiger partial charge >= 0.3 is 0 Å². The standard InChI is InChI=1S/C8H12N4O2/c9-12-8-10-3-1-7(11-8)14-6-2-4-13-5-6/h1,3,6H,2,4-5,9H2,(H,10,11,12). The van der Waals surface area contributed by atoms with Gasteiger partial charge in [0, 0.05) is 18.7 Å². The lowest BCUT2D eigenvalue weighted by Gasteiger charge is -2.10. The highest BCUT2D eigenvalue weighted by molar-refractivity contribution is 5.25. The summed E-state index contributed by atoms with van der Waals surface area (Å²) in [7, 11) is 0. The molecular formula is C8H12N4O2. The van der Waals surface area contributed by atoms with Crippen molar-refractivity contribution in [2.75, 3.05) is 18.6 Å². The molecule has 0 bridgehead atoms. The molecule has 0 spiro atoms. The number of hydrogen-bond donors (Lipinski definition) is 2. The molecule has 1 aromatic heterocycles. The van der Waals surface area contributed by atoms with Crippen LogP contribution in [-0.4, -0.2) is 29.3 Å². The summed E-state index contributed by atoms with van der Waals surface area (Å²) in [6.07, 6.45) is 2.58. The van der Waals surface area contributed by atoms with Gasteiger partial charge in [-0.1, -0.05) is 0 Å². The van der Waals surface area contributed by atoms with Crippen molar-refractivity contribution in [3.05, 3.63) is 12.3 Å². The second-order valence-corrected chi connectivity index (χ2v) is 2.97. The van der Waals surface area contributed by atoms with Crippen LogP contribution in [0.4, 0.5) is 5.95 Å². The van der Waals surface area contributed by atoms with Crippen molar-refractivity contribution in [2.45, 2.75) is 12.5 Å². The van der Waals surface area contributed by atoms with Crippen LogP contribution < -0.4 is 16.0 Å². The summed E-state index contributed by atoms with van der Waals surface area (Å²) in [5, 5.41) is 0. The van der Waals surface area contributed by atoms with Crippen molar-refractivity contribution in [1.82, 2.24) is 9.97 Å². The Bertz CT molecular complexity index is 301. The van der Waals surface area contributed by atoms with Gasteiger partial charge < -0.3 is 9.47 Å². The molecular weight excluding hydrogens is 184 g/mol. The summed E-state index contributed by atoms with van der Waals surface area (Å²) in [5.74, 6) is 6.04. The number of anilines is 1. The average Bonchev–Trinajstić information content (AvgIpc) is 2.71. The highest BCUT2D eigenvalue weighted by Crippen LogP contribution is 2.14. The van der Waals surface area contributed by atoms with Gasteiger partial charge in [0.15, 0.2) is 0 Å².